The summed E-state index contributed by atoms with van der Waals surface area (Å²) in [6.45, 7) is 2.55. The van der Waals surface area contributed by atoms with Crippen molar-refractivity contribution in [2.45, 2.75) is 12.6 Å². The summed E-state index contributed by atoms with van der Waals surface area (Å²) < 4.78 is 40.8. The number of hydrogen-bond acceptors (Lipinski definition) is 2. The van der Waals surface area contributed by atoms with Gasteiger partial charge in [-0.2, -0.15) is 18.7 Å². The van der Waals surface area contributed by atoms with Crippen molar-refractivity contribution in [3.8, 4) is 18.1 Å². The zero-order valence-corrected chi connectivity index (χ0v) is 14.5. The monoisotopic (exact) mass is 381 g/mol. The summed E-state index contributed by atoms with van der Waals surface area (Å²) in [5.41, 5.74) is 2.21. The number of rotatable bonds is 3. The summed E-state index contributed by atoms with van der Waals surface area (Å²) in [6.07, 6.45) is 4.70. The summed E-state index contributed by atoms with van der Waals surface area (Å²) in [4.78, 5) is 0. The Balaban J connectivity index is 0.00000242. The molecule has 1 aromatic rings. The van der Waals surface area contributed by atoms with E-state index in [1.807, 2.05) is 0 Å². The third-order valence-corrected chi connectivity index (χ3v) is 2.94. The number of ether oxygens (including phenoxy) is 1. The third kappa shape index (κ3) is 5.19. The van der Waals surface area contributed by atoms with Gasteiger partial charge in [-0.15, -0.1) is 24.3 Å². The standard InChI is InChI=1S/C16H13F3NO.Y/c1-3-12-6-9-15(20-11(12)2)13-4-7-14(8-5-13)21-10-16(17,18)19;/h1,4-5,7-8,12,20H,2,6,10H2;/q-1;. The molecular weight excluding hydrogens is 368 g/mol. The topological polar surface area (TPSA) is 21.3 Å². The van der Waals surface area contributed by atoms with Gasteiger partial charge in [-0.3, -0.25) is 0 Å². The quantitative estimate of drug-likeness (QED) is 0.639. The molecule has 6 heteroatoms. The van der Waals surface area contributed by atoms with Crippen molar-refractivity contribution in [2.24, 2.45) is 5.92 Å². The number of allylic oxidation sites excluding steroid dienone is 2. The van der Waals surface area contributed by atoms with Gasteiger partial charge in [0.1, 0.15) is 5.75 Å². The molecule has 2 nitrogen and oxygen atoms in total. The maximum atomic E-state index is 12.0. The number of terminal acetylenes is 1. The first-order chi connectivity index (χ1) is 9.89. The van der Waals surface area contributed by atoms with Crippen LogP contribution in [0, 0.1) is 24.3 Å². The molecule has 0 fully saturated rings. The average Bonchev–Trinajstić information content (AvgIpc) is 2.45. The molecule has 22 heavy (non-hydrogen) atoms. The van der Waals surface area contributed by atoms with Crippen LogP contribution < -0.4 is 10.1 Å². The van der Waals surface area contributed by atoms with Crippen molar-refractivity contribution in [3.05, 3.63) is 48.2 Å². The van der Waals surface area contributed by atoms with Gasteiger partial charge in [-0.1, -0.05) is 18.9 Å². The second kappa shape index (κ2) is 7.85. The van der Waals surface area contributed by atoms with Gasteiger partial charge in [-0.05, 0) is 12.1 Å². The van der Waals surface area contributed by atoms with Crippen molar-refractivity contribution in [1.29, 1.82) is 0 Å². The molecule has 0 aliphatic carbocycles. The Morgan fingerprint density at radius 1 is 1.36 bits per heavy atom. The number of benzene rings is 1. The van der Waals surface area contributed by atoms with E-state index in [2.05, 4.69) is 28.6 Å². The van der Waals surface area contributed by atoms with E-state index in [0.29, 0.717) is 17.8 Å². The van der Waals surface area contributed by atoms with E-state index in [1.165, 1.54) is 12.1 Å². The van der Waals surface area contributed by atoms with Crippen LogP contribution in [-0.2, 0) is 32.7 Å². The maximum Gasteiger partial charge on any atom is 0.422 e. The average molecular weight is 381 g/mol. The molecule has 113 valence electrons. The largest absolute Gasteiger partial charge is 0.484 e. The van der Waals surface area contributed by atoms with Crippen LogP contribution in [0.3, 0.4) is 0 Å². The molecule has 1 aromatic carbocycles. The summed E-state index contributed by atoms with van der Waals surface area (Å²) in [5.74, 6) is 2.67. The Labute approximate surface area is 152 Å². The number of alkyl halides is 3. The molecule has 0 amide bonds. The summed E-state index contributed by atoms with van der Waals surface area (Å²) in [5, 5.41) is 3.06. The number of halogens is 3. The minimum atomic E-state index is -4.35. The van der Waals surface area contributed by atoms with Crippen molar-refractivity contribution in [2.75, 3.05) is 6.61 Å². The molecule has 1 radical (unpaired) electrons. The summed E-state index contributed by atoms with van der Waals surface area (Å²) in [6, 6.07) is 6.27. The van der Waals surface area contributed by atoms with Crippen molar-refractivity contribution in [3.63, 3.8) is 0 Å². The minimum Gasteiger partial charge on any atom is -0.484 e. The van der Waals surface area contributed by atoms with Gasteiger partial charge >= 0.3 is 6.18 Å². The molecule has 0 bridgehead atoms. The van der Waals surface area contributed by atoms with Crippen LogP contribution in [0.2, 0.25) is 0 Å². The molecule has 1 aliphatic heterocycles. The van der Waals surface area contributed by atoms with Gasteiger partial charge in [-0.25, -0.2) is 6.08 Å². The smallest absolute Gasteiger partial charge is 0.422 e. The van der Waals surface area contributed by atoms with E-state index in [4.69, 9.17) is 6.42 Å². The molecule has 0 saturated heterocycles. The fourth-order valence-corrected chi connectivity index (χ4v) is 1.84. The Bertz CT molecular complexity index is 599. The van der Waals surface area contributed by atoms with Crippen LogP contribution in [0.5, 0.6) is 5.75 Å². The summed E-state index contributed by atoms with van der Waals surface area (Å²) in [7, 11) is 0. The molecule has 2 rings (SSSR count). The van der Waals surface area contributed by atoms with Gasteiger partial charge in [0, 0.05) is 44.3 Å². The fraction of sp³-hybridized carbons (Fsp3) is 0.250. The second-order valence-corrected chi connectivity index (χ2v) is 4.55. The van der Waals surface area contributed by atoms with E-state index >= 15 is 0 Å². The molecule has 0 saturated carbocycles. The van der Waals surface area contributed by atoms with E-state index in [1.54, 1.807) is 12.1 Å². The second-order valence-electron chi connectivity index (χ2n) is 4.55. The molecule has 0 aromatic heterocycles. The Morgan fingerprint density at radius 3 is 2.50 bits per heavy atom. The first kappa shape index (κ1) is 18.8. The Morgan fingerprint density at radius 2 is 2.00 bits per heavy atom. The third-order valence-electron chi connectivity index (χ3n) is 2.94. The number of hydrogen-bond donors (Lipinski definition) is 1. The molecule has 1 atom stereocenters. The van der Waals surface area contributed by atoms with Crippen LogP contribution in [0.25, 0.3) is 5.70 Å². The molecule has 0 spiro atoms. The van der Waals surface area contributed by atoms with Crippen LogP contribution in [0.4, 0.5) is 13.2 Å². The van der Waals surface area contributed by atoms with Crippen LogP contribution in [0.15, 0.2) is 36.5 Å². The van der Waals surface area contributed by atoms with E-state index in [-0.39, 0.29) is 44.4 Å². The molecular formula is C16H13F3NOY-. The zero-order valence-electron chi connectivity index (χ0n) is 11.7. The van der Waals surface area contributed by atoms with Crippen molar-refractivity contribution >= 4 is 5.70 Å². The van der Waals surface area contributed by atoms with E-state index in [0.717, 1.165) is 5.56 Å². The SMILES string of the molecule is C#CC1C[C-]=C(c2ccc(OCC(F)(F)F)cc2)NC1=C.[Y]. The molecule has 1 aliphatic rings. The minimum absolute atomic E-state index is 0. The normalized spacial score (nSPS) is 17.6. The predicted molar refractivity (Wildman–Crippen MR) is 73.9 cm³/mol. The summed E-state index contributed by atoms with van der Waals surface area (Å²) >= 11 is 0. The Kier molecular flexibility index (Phi) is 6.71. The van der Waals surface area contributed by atoms with Gasteiger partial charge in [0.2, 0.25) is 0 Å². The van der Waals surface area contributed by atoms with E-state index < -0.39 is 12.8 Å². The number of nitrogens with one attached hydrogen (secondary N) is 1. The van der Waals surface area contributed by atoms with Crippen molar-refractivity contribution < 1.29 is 50.6 Å². The fourth-order valence-electron chi connectivity index (χ4n) is 1.84. The molecule has 1 unspecified atom stereocenters. The first-order valence-corrected chi connectivity index (χ1v) is 6.22. The van der Waals surface area contributed by atoms with Gasteiger partial charge in [0.25, 0.3) is 0 Å². The van der Waals surface area contributed by atoms with Crippen LogP contribution in [-0.4, -0.2) is 12.8 Å². The van der Waals surface area contributed by atoms with Crippen LogP contribution >= 0.6 is 0 Å². The van der Waals surface area contributed by atoms with Gasteiger partial charge < -0.3 is 10.1 Å². The first-order valence-electron chi connectivity index (χ1n) is 6.22. The maximum absolute atomic E-state index is 12.0. The predicted octanol–water partition coefficient (Wildman–Crippen LogP) is 3.53. The van der Waals surface area contributed by atoms with Gasteiger partial charge in [0.15, 0.2) is 6.61 Å². The van der Waals surface area contributed by atoms with Gasteiger partial charge in [0.05, 0.1) is 0 Å². The molecule has 1 N–H and O–H groups in total. The van der Waals surface area contributed by atoms with Crippen molar-refractivity contribution in [1.82, 2.24) is 5.32 Å². The van der Waals surface area contributed by atoms with Crippen LogP contribution in [0.1, 0.15) is 12.0 Å². The Hall–Kier alpha value is -1.25. The zero-order chi connectivity index (χ0) is 15.5. The van der Waals surface area contributed by atoms with E-state index in [9.17, 15) is 13.2 Å². The molecule has 1 heterocycles.